The number of fused-ring (bicyclic) bond motifs is 3. The van der Waals surface area contributed by atoms with E-state index in [2.05, 4.69) is 16.7 Å². The number of rotatable bonds is 5. The summed E-state index contributed by atoms with van der Waals surface area (Å²) in [5, 5.41) is 15.4. The first-order valence-electron chi connectivity index (χ1n) is 13.0. The fraction of sp³-hybridized carbons (Fsp3) is 0.448. The fourth-order valence-corrected chi connectivity index (χ4v) is 5.66. The third kappa shape index (κ3) is 5.30. The lowest BCUT2D eigenvalue weighted by atomic mass is 9.96. The Hall–Kier alpha value is -4.06. The van der Waals surface area contributed by atoms with Crippen molar-refractivity contribution in [1.82, 2.24) is 10.2 Å². The van der Waals surface area contributed by atoms with Crippen LogP contribution in [0.25, 0.3) is 11.1 Å². The summed E-state index contributed by atoms with van der Waals surface area (Å²) < 4.78 is 10.6. The third-order valence-electron chi connectivity index (χ3n) is 7.36. The van der Waals surface area contributed by atoms with Crippen molar-refractivity contribution >= 4 is 23.8 Å². The average molecular weight is 517 g/mol. The number of anilines is 1. The average Bonchev–Trinajstić information content (AvgIpc) is 3.49. The van der Waals surface area contributed by atoms with Gasteiger partial charge in [0.15, 0.2) is 0 Å². The highest BCUT2D eigenvalue weighted by molar-refractivity contribution is 5.89. The molecule has 2 N–H and O–H groups in total. The van der Waals surface area contributed by atoms with Crippen molar-refractivity contribution in [1.29, 1.82) is 5.26 Å². The van der Waals surface area contributed by atoms with E-state index in [4.69, 9.17) is 9.47 Å². The highest BCUT2D eigenvalue weighted by atomic mass is 16.6. The van der Waals surface area contributed by atoms with E-state index in [1.165, 1.54) is 0 Å². The van der Waals surface area contributed by atoms with Crippen LogP contribution in [0.15, 0.2) is 42.5 Å². The zero-order valence-corrected chi connectivity index (χ0v) is 21.8. The molecule has 0 spiro atoms. The van der Waals surface area contributed by atoms with E-state index in [-0.39, 0.29) is 24.5 Å². The Kier molecular flexibility index (Phi) is 6.74. The minimum Gasteiger partial charge on any atom is -0.444 e. The Morgan fingerprint density at radius 1 is 1.18 bits per heavy atom. The van der Waals surface area contributed by atoms with E-state index in [0.29, 0.717) is 6.42 Å². The molecule has 0 radical (unpaired) electrons. The Balaban J connectivity index is 1.24. The maximum Gasteiger partial charge on any atom is 0.411 e. The van der Waals surface area contributed by atoms with Gasteiger partial charge in [-0.1, -0.05) is 30.3 Å². The molecule has 3 aliphatic rings. The summed E-state index contributed by atoms with van der Waals surface area (Å²) in [4.78, 5) is 39.2. The van der Waals surface area contributed by atoms with E-state index in [9.17, 15) is 19.6 Å². The van der Waals surface area contributed by atoms with Gasteiger partial charge in [0.2, 0.25) is 5.91 Å². The highest BCUT2D eigenvalue weighted by Gasteiger charge is 2.52. The Labute approximate surface area is 222 Å². The largest absolute Gasteiger partial charge is 0.444 e. The molecule has 2 aromatic carbocycles. The van der Waals surface area contributed by atoms with Crippen LogP contribution in [-0.2, 0) is 27.3 Å². The van der Waals surface area contributed by atoms with Gasteiger partial charge < -0.3 is 14.8 Å². The number of nitrogens with one attached hydrogen (secondary N) is 2. The van der Waals surface area contributed by atoms with Crippen molar-refractivity contribution < 1.29 is 23.9 Å². The number of piperidine rings is 1. The van der Waals surface area contributed by atoms with E-state index in [1.54, 1.807) is 4.90 Å². The SMILES string of the molecule is CC(C)(C)OC(=O)N1C2CCC(C2)C1C(=O)NC(C#N)Cc1ccc(-c2ccc3c(c2)COC(=O)N3)cc1. The van der Waals surface area contributed by atoms with Crippen molar-refractivity contribution in [2.75, 3.05) is 5.32 Å². The Bertz CT molecular complexity index is 1290. The molecule has 198 valence electrons. The van der Waals surface area contributed by atoms with Gasteiger partial charge in [-0.3, -0.25) is 15.0 Å². The molecule has 38 heavy (non-hydrogen) atoms. The van der Waals surface area contributed by atoms with Gasteiger partial charge in [-0.05, 0) is 74.8 Å². The van der Waals surface area contributed by atoms with Gasteiger partial charge in [-0.2, -0.15) is 5.26 Å². The van der Waals surface area contributed by atoms with Crippen LogP contribution in [0.3, 0.4) is 0 Å². The molecule has 2 aliphatic heterocycles. The van der Waals surface area contributed by atoms with Crippen LogP contribution in [0.4, 0.5) is 15.3 Å². The monoisotopic (exact) mass is 516 g/mol. The number of nitrogens with zero attached hydrogens (tertiary/aromatic N) is 2. The molecule has 3 amide bonds. The second-order valence-electron chi connectivity index (χ2n) is 11.2. The van der Waals surface area contributed by atoms with Crippen LogP contribution in [0.1, 0.15) is 51.2 Å². The predicted molar refractivity (Wildman–Crippen MR) is 140 cm³/mol. The maximum absolute atomic E-state index is 13.3. The minimum absolute atomic E-state index is 0.00473. The first kappa shape index (κ1) is 25.6. The van der Waals surface area contributed by atoms with E-state index in [0.717, 1.165) is 47.2 Å². The second-order valence-corrected chi connectivity index (χ2v) is 11.2. The fourth-order valence-electron chi connectivity index (χ4n) is 5.66. The molecular formula is C29H32N4O5. The van der Waals surface area contributed by atoms with Gasteiger partial charge in [0, 0.05) is 18.0 Å². The lowest BCUT2D eigenvalue weighted by Gasteiger charge is -2.35. The number of cyclic esters (lactones) is 1. The molecular weight excluding hydrogens is 484 g/mol. The zero-order valence-electron chi connectivity index (χ0n) is 21.8. The summed E-state index contributed by atoms with van der Waals surface area (Å²) >= 11 is 0. The standard InChI is InChI=1S/C29H32N4O5/c1-29(2,3)38-28(36)33-23-10-8-20(14-23)25(33)26(34)31-22(15-30)12-17-4-6-18(7-5-17)19-9-11-24-21(13-19)16-37-27(35)32-24/h4-7,9,11,13,20,22-23,25H,8,10,12,14,16H2,1-3H3,(H,31,34)(H,32,35). The zero-order chi connectivity index (χ0) is 27.0. The summed E-state index contributed by atoms with van der Waals surface area (Å²) in [6, 6.07) is 14.5. The lowest BCUT2D eigenvalue weighted by Crippen LogP contribution is -2.55. The first-order valence-corrected chi connectivity index (χ1v) is 13.0. The van der Waals surface area contributed by atoms with Crippen LogP contribution in [0, 0.1) is 17.2 Å². The van der Waals surface area contributed by atoms with Crippen LogP contribution < -0.4 is 10.6 Å². The highest BCUT2D eigenvalue weighted by Crippen LogP contribution is 2.43. The minimum atomic E-state index is -0.725. The molecule has 4 unspecified atom stereocenters. The molecule has 1 saturated heterocycles. The van der Waals surface area contributed by atoms with Crippen molar-refractivity contribution in [3.05, 3.63) is 53.6 Å². The van der Waals surface area contributed by atoms with Crippen LogP contribution in [0.2, 0.25) is 0 Å². The van der Waals surface area contributed by atoms with E-state index < -0.39 is 29.9 Å². The summed E-state index contributed by atoms with van der Waals surface area (Å²) in [6.45, 7) is 5.66. The molecule has 2 fully saturated rings. The van der Waals surface area contributed by atoms with Crippen molar-refractivity contribution in [3.8, 4) is 17.2 Å². The van der Waals surface area contributed by atoms with Crippen LogP contribution in [-0.4, -0.2) is 46.7 Å². The normalized spacial score (nSPS) is 22.5. The summed E-state index contributed by atoms with van der Waals surface area (Å²) in [6.07, 6.45) is 1.98. The quantitative estimate of drug-likeness (QED) is 0.591. The maximum atomic E-state index is 13.3. The molecule has 0 aromatic heterocycles. The van der Waals surface area contributed by atoms with Crippen molar-refractivity contribution in [2.24, 2.45) is 5.92 Å². The number of ether oxygens (including phenoxy) is 2. The number of carbonyl (C=O) groups excluding carboxylic acids is 3. The van der Waals surface area contributed by atoms with Gasteiger partial charge >= 0.3 is 12.2 Å². The molecule has 1 aliphatic carbocycles. The topological polar surface area (TPSA) is 121 Å². The molecule has 9 nitrogen and oxygen atoms in total. The molecule has 2 bridgehead atoms. The Morgan fingerprint density at radius 3 is 2.63 bits per heavy atom. The molecule has 2 heterocycles. The third-order valence-corrected chi connectivity index (χ3v) is 7.36. The predicted octanol–water partition coefficient (Wildman–Crippen LogP) is 4.75. The van der Waals surface area contributed by atoms with Gasteiger partial charge in [0.25, 0.3) is 0 Å². The van der Waals surface area contributed by atoms with E-state index >= 15 is 0 Å². The Morgan fingerprint density at radius 2 is 1.92 bits per heavy atom. The number of amides is 3. The van der Waals surface area contributed by atoms with Gasteiger partial charge in [0.1, 0.15) is 24.3 Å². The number of hydrogen-bond acceptors (Lipinski definition) is 6. The summed E-state index contributed by atoms with van der Waals surface area (Å²) in [5.41, 5.74) is 3.88. The molecule has 5 rings (SSSR count). The number of benzene rings is 2. The van der Waals surface area contributed by atoms with Crippen LogP contribution >= 0.6 is 0 Å². The van der Waals surface area contributed by atoms with Crippen molar-refractivity contribution in [3.63, 3.8) is 0 Å². The smallest absolute Gasteiger partial charge is 0.411 e. The van der Waals surface area contributed by atoms with Gasteiger partial charge in [-0.15, -0.1) is 0 Å². The molecule has 9 heteroatoms. The molecule has 4 atom stereocenters. The van der Waals surface area contributed by atoms with E-state index in [1.807, 2.05) is 63.2 Å². The number of hydrogen-bond donors (Lipinski definition) is 2. The molecule has 2 aromatic rings. The first-order chi connectivity index (χ1) is 18.1. The summed E-state index contributed by atoms with van der Waals surface area (Å²) in [5.74, 6) is -0.212. The second kappa shape index (κ2) is 10.0. The van der Waals surface area contributed by atoms with Crippen molar-refractivity contribution in [2.45, 2.75) is 76.8 Å². The number of likely N-dealkylation sites (tertiary alicyclic amines) is 1. The number of carbonyl (C=O) groups is 3. The number of nitriles is 1. The lowest BCUT2D eigenvalue weighted by molar-refractivity contribution is -0.128. The summed E-state index contributed by atoms with van der Waals surface area (Å²) in [7, 11) is 0. The molecule has 1 saturated carbocycles. The van der Waals surface area contributed by atoms with Gasteiger partial charge in [-0.25, -0.2) is 9.59 Å². The van der Waals surface area contributed by atoms with Crippen LogP contribution in [0.5, 0.6) is 0 Å². The van der Waals surface area contributed by atoms with Gasteiger partial charge in [0.05, 0.1) is 11.8 Å².